The molecule has 3 aliphatic rings. The molecule has 0 radical (unpaired) electrons. The van der Waals surface area contributed by atoms with E-state index in [-0.39, 0.29) is 17.8 Å². The summed E-state index contributed by atoms with van der Waals surface area (Å²) in [6, 6.07) is 0. The zero-order valence-electron chi connectivity index (χ0n) is 23.0. The van der Waals surface area contributed by atoms with E-state index >= 15 is 0 Å². The van der Waals surface area contributed by atoms with Crippen LogP contribution < -0.4 is 0 Å². The van der Waals surface area contributed by atoms with Crippen molar-refractivity contribution in [1.29, 1.82) is 0 Å². The third-order valence-corrected chi connectivity index (χ3v) is 9.38. The summed E-state index contributed by atoms with van der Waals surface area (Å²) >= 11 is 0. The Morgan fingerprint density at radius 3 is 2.46 bits per heavy atom. The van der Waals surface area contributed by atoms with Gasteiger partial charge in [0.1, 0.15) is 23.4 Å². The van der Waals surface area contributed by atoms with Gasteiger partial charge in [-0.25, -0.2) is 4.79 Å². The molecule has 0 saturated heterocycles. The summed E-state index contributed by atoms with van der Waals surface area (Å²) in [6.45, 7) is 10.4. The van der Waals surface area contributed by atoms with E-state index in [1.54, 1.807) is 32.9 Å². The van der Waals surface area contributed by atoms with Gasteiger partial charge in [0.2, 0.25) is 0 Å². The van der Waals surface area contributed by atoms with Crippen molar-refractivity contribution >= 4 is 11.8 Å². The highest BCUT2D eigenvalue weighted by molar-refractivity contribution is 5.95. The molecule has 3 unspecified atom stereocenters. The number of Topliss-reactive ketones (excluding diaryl/α,β-unsaturated/α-hetero) is 1. The van der Waals surface area contributed by atoms with Gasteiger partial charge >= 0.3 is 5.97 Å². The van der Waals surface area contributed by atoms with Crippen LogP contribution in [0.2, 0.25) is 0 Å². The van der Waals surface area contributed by atoms with Crippen LogP contribution in [0.25, 0.3) is 0 Å². The smallest absolute Gasteiger partial charge is 0.331 e. The van der Waals surface area contributed by atoms with Gasteiger partial charge in [-0.05, 0) is 50.2 Å². The molecular weight excluding hydrogens is 472 g/mol. The van der Waals surface area contributed by atoms with Crippen LogP contribution in [0.3, 0.4) is 0 Å². The predicted molar refractivity (Wildman–Crippen MR) is 141 cm³/mol. The fourth-order valence-corrected chi connectivity index (χ4v) is 6.73. The second-order valence-electron chi connectivity index (χ2n) is 11.9. The number of carbonyl (C=O) groups is 2. The number of allylic oxidation sites excluding steroid dienone is 4. The van der Waals surface area contributed by atoms with Gasteiger partial charge in [-0.1, -0.05) is 70.9 Å². The average Bonchev–Trinajstić information content (AvgIpc) is 2.98. The number of hydrogen-bond donors (Lipinski definition) is 4. The Morgan fingerprint density at radius 1 is 1.16 bits per heavy atom. The molecule has 1 spiro atoms. The number of hydrogen-bond acceptors (Lipinski definition) is 7. The number of rotatable bonds is 8. The Bertz CT molecular complexity index is 1020. The maximum atomic E-state index is 14.4. The summed E-state index contributed by atoms with van der Waals surface area (Å²) in [6.07, 6.45) is 11.3. The summed E-state index contributed by atoms with van der Waals surface area (Å²) in [5.74, 6) is -2.42. The van der Waals surface area contributed by atoms with Gasteiger partial charge < -0.3 is 25.2 Å². The van der Waals surface area contributed by atoms with E-state index < -0.39 is 58.7 Å². The van der Waals surface area contributed by atoms with Gasteiger partial charge in [0.25, 0.3) is 0 Å². The number of aliphatic hydroxyl groups excluding tert-OH is 3. The first-order chi connectivity index (χ1) is 17.2. The molecule has 0 aromatic carbocycles. The highest BCUT2D eigenvalue weighted by Gasteiger charge is 2.73. The Morgan fingerprint density at radius 2 is 1.84 bits per heavy atom. The van der Waals surface area contributed by atoms with E-state index in [9.17, 15) is 30.0 Å². The predicted octanol–water partition coefficient (Wildman–Crippen LogP) is 3.56. The Labute approximate surface area is 220 Å². The van der Waals surface area contributed by atoms with Crippen LogP contribution in [-0.2, 0) is 14.3 Å². The van der Waals surface area contributed by atoms with Crippen molar-refractivity contribution in [2.45, 2.75) is 97.1 Å². The van der Waals surface area contributed by atoms with E-state index in [0.717, 1.165) is 25.7 Å². The van der Waals surface area contributed by atoms with E-state index in [0.29, 0.717) is 5.57 Å². The maximum absolute atomic E-state index is 14.4. The van der Waals surface area contributed by atoms with Crippen molar-refractivity contribution in [3.05, 3.63) is 47.6 Å². The third kappa shape index (κ3) is 4.48. The molecule has 7 nitrogen and oxygen atoms in total. The van der Waals surface area contributed by atoms with Gasteiger partial charge in [0, 0.05) is 17.4 Å². The zero-order chi connectivity index (χ0) is 27.8. The molecule has 206 valence electrons. The summed E-state index contributed by atoms with van der Waals surface area (Å²) < 4.78 is 6.08. The molecule has 1 saturated carbocycles. The van der Waals surface area contributed by atoms with Crippen molar-refractivity contribution < 1.29 is 34.8 Å². The first kappa shape index (κ1) is 29.5. The lowest BCUT2D eigenvalue weighted by Gasteiger charge is -2.48. The van der Waals surface area contributed by atoms with Crippen LogP contribution in [0.5, 0.6) is 0 Å². The van der Waals surface area contributed by atoms with Gasteiger partial charge in [-0.15, -0.1) is 0 Å². The molecule has 37 heavy (non-hydrogen) atoms. The van der Waals surface area contributed by atoms with Crippen molar-refractivity contribution in [3.8, 4) is 0 Å². The monoisotopic (exact) mass is 516 g/mol. The lowest BCUT2D eigenvalue weighted by Crippen LogP contribution is -2.65. The van der Waals surface area contributed by atoms with Gasteiger partial charge in [0.05, 0.1) is 12.0 Å². The number of esters is 1. The molecule has 0 aromatic rings. The Balaban J connectivity index is 2.03. The minimum atomic E-state index is -2.26. The molecule has 0 amide bonds. The second-order valence-corrected chi connectivity index (χ2v) is 11.9. The van der Waals surface area contributed by atoms with E-state index in [2.05, 4.69) is 6.92 Å². The fourth-order valence-electron chi connectivity index (χ4n) is 6.73. The summed E-state index contributed by atoms with van der Waals surface area (Å²) in [5, 5.41) is 44.4. The molecular formula is C30H44O7. The van der Waals surface area contributed by atoms with Crippen LogP contribution in [-0.4, -0.2) is 62.2 Å². The lowest BCUT2D eigenvalue weighted by atomic mass is 9.59. The topological polar surface area (TPSA) is 124 Å². The van der Waals surface area contributed by atoms with Crippen molar-refractivity contribution in [2.24, 2.45) is 22.7 Å². The van der Waals surface area contributed by atoms with Crippen molar-refractivity contribution in [3.63, 3.8) is 0 Å². The highest BCUT2D eigenvalue weighted by atomic mass is 16.6. The zero-order valence-corrected chi connectivity index (χ0v) is 23.0. The first-order valence-electron chi connectivity index (χ1n) is 13.4. The summed E-state index contributed by atoms with van der Waals surface area (Å²) in [5.41, 5.74) is -5.56. The number of unbranched alkanes of at least 4 members (excludes halogenated alkanes) is 3. The van der Waals surface area contributed by atoms with Crippen LogP contribution in [0.1, 0.15) is 73.6 Å². The molecule has 4 N–H and O–H groups in total. The molecule has 3 aliphatic carbocycles. The fraction of sp³-hybridized carbons (Fsp3) is 0.667. The number of ketones is 1. The standard InChI is InChI=1S/C30H44O7/c1-7-8-9-10-11-12-13-14-23(32)37-28(6)17-20(3)29-16-19(2)24(33)30(29,36)25(34)21(18-31)15-22(26(29)35)27(28,4)5/h11-16,20,22,24-25,31,33-34,36H,7-10,17-18H2,1-6H3/b12-11+,14-13+/t20-,22?,24?,25?,28-,29+,30-/m1/s1. The SMILES string of the molecule is CCCCC/C=C/C=C/C(=O)O[C@]1(C)C[C@@H](C)[C@]23C=C(C)C(O)[C@@]2(O)C(O)C(CO)=CC(C3=O)C1(C)C. The van der Waals surface area contributed by atoms with Crippen molar-refractivity contribution in [2.75, 3.05) is 6.61 Å². The van der Waals surface area contributed by atoms with Gasteiger partial charge in [0.15, 0.2) is 5.78 Å². The first-order valence-corrected chi connectivity index (χ1v) is 13.4. The molecule has 0 heterocycles. The largest absolute Gasteiger partial charge is 0.456 e. The van der Waals surface area contributed by atoms with Crippen LogP contribution >= 0.6 is 0 Å². The lowest BCUT2D eigenvalue weighted by molar-refractivity contribution is -0.191. The van der Waals surface area contributed by atoms with Crippen LogP contribution in [0.15, 0.2) is 47.6 Å². The Kier molecular flexibility index (Phi) is 8.45. The third-order valence-electron chi connectivity index (χ3n) is 9.38. The minimum absolute atomic E-state index is 0.0637. The summed E-state index contributed by atoms with van der Waals surface area (Å²) in [7, 11) is 0. The number of ether oxygens (including phenoxy) is 1. The van der Waals surface area contributed by atoms with Crippen molar-refractivity contribution in [1.82, 2.24) is 0 Å². The van der Waals surface area contributed by atoms with Gasteiger partial charge in [-0.2, -0.15) is 0 Å². The van der Waals surface area contributed by atoms with Gasteiger partial charge in [-0.3, -0.25) is 4.79 Å². The molecule has 7 heteroatoms. The quantitative estimate of drug-likeness (QED) is 0.128. The molecule has 0 aliphatic heterocycles. The number of fused-ring (bicyclic) bond motifs is 1. The average molecular weight is 517 g/mol. The number of carbonyl (C=O) groups excluding carboxylic acids is 2. The highest BCUT2D eigenvalue weighted by Crippen LogP contribution is 2.63. The van der Waals surface area contributed by atoms with E-state index in [1.165, 1.54) is 12.2 Å². The van der Waals surface area contributed by atoms with E-state index in [1.807, 2.05) is 26.0 Å². The molecule has 2 bridgehead atoms. The summed E-state index contributed by atoms with van der Waals surface area (Å²) in [4.78, 5) is 27.3. The Hall–Kier alpha value is -2.06. The minimum Gasteiger partial charge on any atom is -0.456 e. The molecule has 3 rings (SSSR count). The van der Waals surface area contributed by atoms with Crippen LogP contribution in [0, 0.1) is 22.7 Å². The second kappa shape index (κ2) is 10.6. The number of aliphatic hydroxyl groups is 4. The van der Waals surface area contributed by atoms with Crippen LogP contribution in [0.4, 0.5) is 0 Å². The molecule has 7 atom stereocenters. The van der Waals surface area contributed by atoms with E-state index in [4.69, 9.17) is 4.74 Å². The normalized spacial score (nSPS) is 39.2. The molecule has 0 aromatic heterocycles. The maximum Gasteiger partial charge on any atom is 0.331 e. The molecule has 1 fully saturated rings.